The first-order valence-corrected chi connectivity index (χ1v) is 7.02. The van der Waals surface area contributed by atoms with E-state index in [9.17, 15) is 8.78 Å². The molecule has 0 aromatic heterocycles. The van der Waals surface area contributed by atoms with E-state index in [4.69, 9.17) is 0 Å². The van der Waals surface area contributed by atoms with Gasteiger partial charge in [-0.1, -0.05) is 6.07 Å². The van der Waals surface area contributed by atoms with Gasteiger partial charge in [0.05, 0.1) is 0 Å². The SMILES string of the molecule is CN1[C@@H]2CC[C@H]1C[C@H](NCc1ccc(F)cc1F)C2. The van der Waals surface area contributed by atoms with Crippen LogP contribution in [0.4, 0.5) is 8.78 Å². The van der Waals surface area contributed by atoms with E-state index in [0.29, 0.717) is 30.2 Å². The number of hydrogen-bond donors (Lipinski definition) is 1. The molecule has 2 aliphatic heterocycles. The highest BCUT2D eigenvalue weighted by Gasteiger charge is 2.38. The summed E-state index contributed by atoms with van der Waals surface area (Å²) in [7, 11) is 2.21. The van der Waals surface area contributed by atoms with Gasteiger partial charge in [0, 0.05) is 36.3 Å². The quantitative estimate of drug-likeness (QED) is 0.905. The molecule has 3 rings (SSSR count). The molecule has 104 valence electrons. The molecule has 4 heteroatoms. The van der Waals surface area contributed by atoms with E-state index in [-0.39, 0.29) is 0 Å². The van der Waals surface area contributed by atoms with E-state index in [1.54, 1.807) is 0 Å². The number of piperidine rings is 1. The lowest BCUT2D eigenvalue weighted by atomic mass is 9.98. The molecule has 3 atom stereocenters. The summed E-state index contributed by atoms with van der Waals surface area (Å²) in [5.41, 5.74) is 0.549. The van der Waals surface area contributed by atoms with Crippen molar-refractivity contribution >= 4 is 0 Å². The standard InChI is InChI=1S/C15H20F2N2/c1-19-13-4-5-14(19)8-12(7-13)18-9-10-2-3-11(16)6-15(10)17/h2-3,6,12-14,18H,4-5,7-9H2,1H3/t12-,13-,14+. The summed E-state index contributed by atoms with van der Waals surface area (Å²) < 4.78 is 26.4. The van der Waals surface area contributed by atoms with Crippen molar-refractivity contribution in [2.45, 2.75) is 50.4 Å². The number of halogens is 2. The largest absolute Gasteiger partial charge is 0.310 e. The lowest BCUT2D eigenvalue weighted by molar-refractivity contribution is 0.148. The van der Waals surface area contributed by atoms with Crippen LogP contribution in [0.25, 0.3) is 0 Å². The van der Waals surface area contributed by atoms with Gasteiger partial charge in [-0.2, -0.15) is 0 Å². The van der Waals surface area contributed by atoms with E-state index in [2.05, 4.69) is 17.3 Å². The molecule has 1 N–H and O–H groups in total. The Balaban J connectivity index is 1.58. The van der Waals surface area contributed by atoms with Crippen molar-refractivity contribution < 1.29 is 8.78 Å². The van der Waals surface area contributed by atoms with Gasteiger partial charge < -0.3 is 10.2 Å². The van der Waals surface area contributed by atoms with Gasteiger partial charge >= 0.3 is 0 Å². The second-order valence-electron chi connectivity index (χ2n) is 5.84. The van der Waals surface area contributed by atoms with Crippen LogP contribution in [0, 0.1) is 11.6 Å². The maximum atomic E-state index is 13.5. The fraction of sp³-hybridized carbons (Fsp3) is 0.600. The molecule has 0 amide bonds. The van der Waals surface area contributed by atoms with Crippen LogP contribution in [0.3, 0.4) is 0 Å². The van der Waals surface area contributed by atoms with E-state index in [1.807, 2.05) is 0 Å². The highest BCUT2D eigenvalue weighted by atomic mass is 19.1. The molecule has 1 aromatic rings. The topological polar surface area (TPSA) is 15.3 Å². The van der Waals surface area contributed by atoms with E-state index in [1.165, 1.54) is 25.0 Å². The van der Waals surface area contributed by atoms with Crippen LogP contribution >= 0.6 is 0 Å². The monoisotopic (exact) mass is 266 g/mol. The molecule has 2 heterocycles. The Morgan fingerprint density at radius 1 is 1.21 bits per heavy atom. The van der Waals surface area contributed by atoms with Gasteiger partial charge in [0.1, 0.15) is 11.6 Å². The third-order valence-corrected chi connectivity index (χ3v) is 4.69. The van der Waals surface area contributed by atoms with Gasteiger partial charge in [-0.05, 0) is 38.8 Å². The van der Waals surface area contributed by atoms with Crippen molar-refractivity contribution in [2.24, 2.45) is 0 Å². The first-order valence-electron chi connectivity index (χ1n) is 7.02. The summed E-state index contributed by atoms with van der Waals surface area (Å²) in [5.74, 6) is -0.970. The minimum absolute atomic E-state index is 0.455. The highest BCUT2D eigenvalue weighted by Crippen LogP contribution is 2.34. The molecule has 1 aromatic carbocycles. The van der Waals surface area contributed by atoms with Crippen LogP contribution in [0.5, 0.6) is 0 Å². The van der Waals surface area contributed by atoms with Crippen LogP contribution in [0.1, 0.15) is 31.2 Å². The number of fused-ring (bicyclic) bond motifs is 2. The molecule has 2 aliphatic rings. The predicted octanol–water partition coefficient (Wildman–Crippen LogP) is 2.68. The number of rotatable bonds is 3. The minimum atomic E-state index is -0.515. The molecule has 2 fully saturated rings. The lowest BCUT2D eigenvalue weighted by Gasteiger charge is -2.36. The molecule has 2 nitrogen and oxygen atoms in total. The smallest absolute Gasteiger partial charge is 0.130 e. The summed E-state index contributed by atoms with van der Waals surface area (Å²) in [4.78, 5) is 2.48. The van der Waals surface area contributed by atoms with Crippen molar-refractivity contribution in [1.29, 1.82) is 0 Å². The van der Waals surface area contributed by atoms with Crippen LogP contribution in [-0.2, 0) is 6.54 Å². The molecule has 0 radical (unpaired) electrons. The third-order valence-electron chi connectivity index (χ3n) is 4.69. The summed E-state index contributed by atoms with van der Waals surface area (Å²) in [6, 6.07) is 5.61. The summed E-state index contributed by atoms with van der Waals surface area (Å²) >= 11 is 0. The molecular formula is C15H20F2N2. The van der Waals surface area contributed by atoms with Crippen LogP contribution in [-0.4, -0.2) is 30.1 Å². The average Bonchev–Trinajstić information content (AvgIpc) is 2.62. The second-order valence-corrected chi connectivity index (χ2v) is 5.84. The molecule has 2 saturated heterocycles. The minimum Gasteiger partial charge on any atom is -0.310 e. The number of hydrogen-bond acceptors (Lipinski definition) is 2. The zero-order chi connectivity index (χ0) is 13.4. The molecule has 0 aliphatic carbocycles. The fourth-order valence-corrected chi connectivity index (χ4v) is 3.50. The Morgan fingerprint density at radius 3 is 2.53 bits per heavy atom. The van der Waals surface area contributed by atoms with Crippen molar-refractivity contribution in [3.05, 3.63) is 35.4 Å². The molecule has 0 saturated carbocycles. The third kappa shape index (κ3) is 2.65. The van der Waals surface area contributed by atoms with Gasteiger partial charge in [0.2, 0.25) is 0 Å². The predicted molar refractivity (Wildman–Crippen MR) is 70.8 cm³/mol. The van der Waals surface area contributed by atoms with Crippen molar-refractivity contribution in [2.75, 3.05) is 7.05 Å². The van der Waals surface area contributed by atoms with Gasteiger partial charge in [0.25, 0.3) is 0 Å². The zero-order valence-electron chi connectivity index (χ0n) is 11.2. The Kier molecular flexibility index (Phi) is 3.54. The van der Waals surface area contributed by atoms with Gasteiger partial charge in [-0.25, -0.2) is 8.78 Å². The number of nitrogens with zero attached hydrogens (tertiary/aromatic N) is 1. The fourth-order valence-electron chi connectivity index (χ4n) is 3.50. The Labute approximate surface area is 112 Å². The highest BCUT2D eigenvalue weighted by molar-refractivity contribution is 5.18. The van der Waals surface area contributed by atoms with Gasteiger partial charge in [0.15, 0.2) is 0 Å². The van der Waals surface area contributed by atoms with Gasteiger partial charge in [-0.3, -0.25) is 0 Å². The Morgan fingerprint density at radius 2 is 1.89 bits per heavy atom. The Bertz CT molecular complexity index is 449. The lowest BCUT2D eigenvalue weighted by Crippen LogP contribution is -2.47. The van der Waals surface area contributed by atoms with Crippen molar-refractivity contribution in [3.8, 4) is 0 Å². The van der Waals surface area contributed by atoms with Crippen LogP contribution in [0.15, 0.2) is 18.2 Å². The first-order chi connectivity index (χ1) is 9.13. The normalized spacial score (nSPS) is 30.8. The van der Waals surface area contributed by atoms with Gasteiger partial charge in [-0.15, -0.1) is 0 Å². The number of nitrogens with one attached hydrogen (secondary N) is 1. The molecule has 0 spiro atoms. The second kappa shape index (κ2) is 5.17. The summed E-state index contributed by atoms with van der Waals surface area (Å²) in [6.45, 7) is 0.486. The summed E-state index contributed by atoms with van der Waals surface area (Å²) in [6.07, 6.45) is 4.83. The van der Waals surface area contributed by atoms with E-state index < -0.39 is 11.6 Å². The first kappa shape index (κ1) is 13.0. The number of benzene rings is 1. The molecular weight excluding hydrogens is 246 g/mol. The van der Waals surface area contributed by atoms with E-state index in [0.717, 1.165) is 18.9 Å². The average molecular weight is 266 g/mol. The van der Waals surface area contributed by atoms with Crippen LogP contribution in [0.2, 0.25) is 0 Å². The van der Waals surface area contributed by atoms with E-state index >= 15 is 0 Å². The zero-order valence-corrected chi connectivity index (χ0v) is 11.2. The summed E-state index contributed by atoms with van der Waals surface area (Å²) in [5, 5.41) is 3.43. The molecule has 0 unspecified atom stereocenters. The Hall–Kier alpha value is -1.00. The maximum absolute atomic E-state index is 13.5. The van der Waals surface area contributed by atoms with Crippen molar-refractivity contribution in [3.63, 3.8) is 0 Å². The molecule has 19 heavy (non-hydrogen) atoms. The van der Waals surface area contributed by atoms with Crippen molar-refractivity contribution in [1.82, 2.24) is 10.2 Å². The molecule has 2 bridgehead atoms. The maximum Gasteiger partial charge on any atom is 0.130 e. The van der Waals surface area contributed by atoms with Crippen LogP contribution < -0.4 is 5.32 Å².